The first-order valence-corrected chi connectivity index (χ1v) is 7.95. The molecule has 1 aromatic heterocycles. The van der Waals surface area contributed by atoms with Gasteiger partial charge in [0.25, 0.3) is 0 Å². The van der Waals surface area contributed by atoms with Gasteiger partial charge < -0.3 is 9.15 Å². The van der Waals surface area contributed by atoms with Crippen LogP contribution in [0.1, 0.15) is 11.3 Å². The van der Waals surface area contributed by atoms with E-state index in [1.165, 1.54) is 18.0 Å². The van der Waals surface area contributed by atoms with E-state index in [4.69, 9.17) is 9.15 Å². The standard InChI is InChI=1S/C16H15N3O3S/c1-21-13-6-4-12(5-7-13)10-19-15(20)11-23-16(19)18-17-9-14-3-2-8-22-14/h2-9H,10-11H2,1H3/b17-9-,18-16+. The predicted molar refractivity (Wildman–Crippen MR) is 89.7 cm³/mol. The maximum Gasteiger partial charge on any atom is 0.239 e. The lowest BCUT2D eigenvalue weighted by molar-refractivity contribution is -0.124. The number of amides is 1. The van der Waals surface area contributed by atoms with Crippen LogP contribution < -0.4 is 4.74 Å². The van der Waals surface area contributed by atoms with Crippen LogP contribution in [0, 0.1) is 0 Å². The molecular weight excluding hydrogens is 314 g/mol. The van der Waals surface area contributed by atoms with Gasteiger partial charge in [-0.1, -0.05) is 23.9 Å². The van der Waals surface area contributed by atoms with Gasteiger partial charge in [0.15, 0.2) is 5.17 Å². The van der Waals surface area contributed by atoms with Gasteiger partial charge >= 0.3 is 0 Å². The summed E-state index contributed by atoms with van der Waals surface area (Å²) in [4.78, 5) is 13.7. The van der Waals surface area contributed by atoms with Crippen LogP contribution in [0.3, 0.4) is 0 Å². The van der Waals surface area contributed by atoms with E-state index in [0.717, 1.165) is 11.3 Å². The molecule has 0 radical (unpaired) electrons. The minimum Gasteiger partial charge on any atom is -0.497 e. The molecule has 1 aliphatic rings. The molecule has 1 saturated heterocycles. The molecule has 2 aromatic rings. The normalized spacial score (nSPS) is 16.7. The number of benzene rings is 1. The van der Waals surface area contributed by atoms with E-state index in [1.807, 2.05) is 24.3 Å². The monoisotopic (exact) mass is 329 g/mol. The van der Waals surface area contributed by atoms with Crippen LogP contribution >= 0.6 is 11.8 Å². The Labute approximate surface area is 137 Å². The van der Waals surface area contributed by atoms with Gasteiger partial charge in [0.1, 0.15) is 11.5 Å². The van der Waals surface area contributed by atoms with E-state index >= 15 is 0 Å². The van der Waals surface area contributed by atoms with E-state index in [0.29, 0.717) is 23.2 Å². The number of methoxy groups -OCH3 is 1. The summed E-state index contributed by atoms with van der Waals surface area (Å²) >= 11 is 1.38. The Hall–Kier alpha value is -2.54. The molecule has 3 rings (SSSR count). The second kappa shape index (κ2) is 7.15. The molecule has 6 nitrogen and oxygen atoms in total. The van der Waals surface area contributed by atoms with Crippen molar-refractivity contribution in [3.8, 4) is 5.75 Å². The second-order valence-corrected chi connectivity index (χ2v) is 5.70. The fraction of sp³-hybridized carbons (Fsp3) is 0.188. The number of carbonyl (C=O) groups is 1. The maximum absolute atomic E-state index is 12.0. The van der Waals surface area contributed by atoms with Gasteiger partial charge in [0.05, 0.1) is 31.9 Å². The number of amidine groups is 1. The summed E-state index contributed by atoms with van der Waals surface area (Å²) in [5, 5.41) is 8.70. The molecule has 1 aromatic carbocycles. The molecule has 0 unspecified atom stereocenters. The van der Waals surface area contributed by atoms with Gasteiger partial charge in [-0.2, -0.15) is 5.10 Å². The lowest BCUT2D eigenvalue weighted by atomic mass is 10.2. The number of ether oxygens (including phenoxy) is 1. The maximum atomic E-state index is 12.0. The lowest BCUT2D eigenvalue weighted by Crippen LogP contribution is -2.28. The molecule has 118 valence electrons. The van der Waals surface area contributed by atoms with E-state index in [9.17, 15) is 4.79 Å². The van der Waals surface area contributed by atoms with Gasteiger partial charge in [-0.25, -0.2) is 0 Å². The average molecular weight is 329 g/mol. The summed E-state index contributed by atoms with van der Waals surface area (Å²) < 4.78 is 10.3. The second-order valence-electron chi connectivity index (χ2n) is 4.76. The minimum atomic E-state index is 0.0257. The van der Waals surface area contributed by atoms with E-state index in [2.05, 4.69) is 10.2 Å². The summed E-state index contributed by atoms with van der Waals surface area (Å²) in [6, 6.07) is 11.2. The molecule has 7 heteroatoms. The summed E-state index contributed by atoms with van der Waals surface area (Å²) in [5.74, 6) is 1.81. The molecule has 1 aliphatic heterocycles. The Morgan fingerprint density at radius 3 is 2.87 bits per heavy atom. The number of furan rings is 1. The van der Waals surface area contributed by atoms with Crippen molar-refractivity contribution in [3.05, 3.63) is 54.0 Å². The molecular formula is C16H15N3O3S. The fourth-order valence-electron chi connectivity index (χ4n) is 2.04. The van der Waals surface area contributed by atoms with Crippen molar-refractivity contribution in [3.63, 3.8) is 0 Å². The zero-order chi connectivity index (χ0) is 16.1. The Morgan fingerprint density at radius 1 is 1.35 bits per heavy atom. The first kappa shape index (κ1) is 15.4. The molecule has 23 heavy (non-hydrogen) atoms. The molecule has 2 heterocycles. The Bertz CT molecular complexity index is 724. The van der Waals surface area contributed by atoms with Gasteiger partial charge in [-0.3, -0.25) is 9.69 Å². The molecule has 0 saturated carbocycles. The fourth-order valence-corrected chi connectivity index (χ4v) is 2.88. The number of hydrogen-bond acceptors (Lipinski definition) is 6. The summed E-state index contributed by atoms with van der Waals surface area (Å²) in [7, 11) is 1.62. The molecule has 0 atom stereocenters. The molecule has 0 N–H and O–H groups in total. The van der Waals surface area contributed by atoms with Gasteiger partial charge in [-0.05, 0) is 29.8 Å². The van der Waals surface area contributed by atoms with Gasteiger partial charge in [-0.15, -0.1) is 5.10 Å². The first-order chi connectivity index (χ1) is 11.3. The highest BCUT2D eigenvalue weighted by molar-refractivity contribution is 8.15. The van der Waals surface area contributed by atoms with Crippen LogP contribution in [0.2, 0.25) is 0 Å². The van der Waals surface area contributed by atoms with Crippen LogP contribution in [0.25, 0.3) is 0 Å². The zero-order valence-corrected chi connectivity index (χ0v) is 13.3. The van der Waals surface area contributed by atoms with Crippen LogP contribution in [0.15, 0.2) is 57.3 Å². The van der Waals surface area contributed by atoms with Crippen molar-refractivity contribution < 1.29 is 13.9 Å². The van der Waals surface area contributed by atoms with Crippen LogP contribution in [-0.4, -0.2) is 35.1 Å². The predicted octanol–water partition coefficient (Wildman–Crippen LogP) is 2.75. The van der Waals surface area contributed by atoms with E-state index in [1.54, 1.807) is 30.4 Å². The molecule has 1 amide bonds. The highest BCUT2D eigenvalue weighted by Gasteiger charge is 2.28. The SMILES string of the molecule is COc1ccc(CN2C(=O)CS/C2=N/N=C\c2ccco2)cc1. The van der Waals surface area contributed by atoms with Crippen LogP contribution in [-0.2, 0) is 11.3 Å². The lowest BCUT2D eigenvalue weighted by Gasteiger charge is -2.15. The van der Waals surface area contributed by atoms with Gasteiger partial charge in [0.2, 0.25) is 5.91 Å². The number of rotatable bonds is 5. The molecule has 0 bridgehead atoms. The Balaban J connectivity index is 1.71. The van der Waals surface area contributed by atoms with Crippen molar-refractivity contribution in [2.45, 2.75) is 6.54 Å². The smallest absolute Gasteiger partial charge is 0.239 e. The van der Waals surface area contributed by atoms with Crippen molar-refractivity contribution >= 4 is 29.1 Å². The van der Waals surface area contributed by atoms with Crippen molar-refractivity contribution in [1.29, 1.82) is 0 Å². The Morgan fingerprint density at radius 2 is 2.17 bits per heavy atom. The third kappa shape index (κ3) is 3.81. The number of nitrogens with zero attached hydrogens (tertiary/aromatic N) is 3. The minimum absolute atomic E-state index is 0.0257. The highest BCUT2D eigenvalue weighted by Crippen LogP contribution is 2.23. The zero-order valence-electron chi connectivity index (χ0n) is 12.5. The quantitative estimate of drug-likeness (QED) is 0.625. The summed E-state index contributed by atoms with van der Waals surface area (Å²) in [6.07, 6.45) is 3.08. The van der Waals surface area contributed by atoms with Crippen LogP contribution in [0.4, 0.5) is 0 Å². The van der Waals surface area contributed by atoms with Crippen molar-refractivity contribution in [2.24, 2.45) is 10.2 Å². The third-order valence-corrected chi connectivity index (χ3v) is 4.18. The first-order valence-electron chi connectivity index (χ1n) is 6.97. The average Bonchev–Trinajstić information content (AvgIpc) is 3.20. The number of hydrogen-bond donors (Lipinski definition) is 0. The summed E-state index contributed by atoms with van der Waals surface area (Å²) in [5.41, 5.74) is 1.00. The Kier molecular flexibility index (Phi) is 4.77. The van der Waals surface area contributed by atoms with E-state index < -0.39 is 0 Å². The van der Waals surface area contributed by atoms with Crippen molar-refractivity contribution in [2.75, 3.05) is 12.9 Å². The molecule has 1 fully saturated rings. The number of carbonyl (C=O) groups excluding carboxylic acids is 1. The molecule has 0 aliphatic carbocycles. The summed E-state index contributed by atoms with van der Waals surface area (Å²) in [6.45, 7) is 0.463. The van der Waals surface area contributed by atoms with E-state index in [-0.39, 0.29) is 5.91 Å². The van der Waals surface area contributed by atoms with Crippen LogP contribution in [0.5, 0.6) is 5.75 Å². The molecule has 0 spiro atoms. The third-order valence-electron chi connectivity index (χ3n) is 3.23. The van der Waals surface area contributed by atoms with Gasteiger partial charge in [0, 0.05) is 0 Å². The number of thioether (sulfide) groups is 1. The topological polar surface area (TPSA) is 67.4 Å². The largest absolute Gasteiger partial charge is 0.497 e. The van der Waals surface area contributed by atoms with Crippen molar-refractivity contribution in [1.82, 2.24) is 4.90 Å². The highest BCUT2D eigenvalue weighted by atomic mass is 32.2.